The number of hydrogen-bond acceptors (Lipinski definition) is 4. The smallest absolute Gasteiger partial charge is 0.243 e. The van der Waals surface area contributed by atoms with Crippen LogP contribution in [0.5, 0.6) is 0 Å². The highest BCUT2D eigenvalue weighted by Crippen LogP contribution is 2.26. The molecule has 0 N–H and O–H groups in total. The van der Waals surface area contributed by atoms with Crippen LogP contribution >= 0.6 is 11.3 Å². The fraction of sp³-hybridized carbons (Fsp3) is 0.318. The first-order valence-corrected chi connectivity index (χ1v) is 12.0. The number of nitrogens with zero attached hydrogens (tertiary/aromatic N) is 2. The number of thiophene rings is 1. The van der Waals surface area contributed by atoms with Crippen molar-refractivity contribution in [1.82, 2.24) is 9.29 Å². The van der Waals surface area contributed by atoms with E-state index in [2.05, 4.69) is 11.1 Å². The number of benzene rings is 1. The molecule has 28 heavy (non-hydrogen) atoms. The van der Waals surface area contributed by atoms with Gasteiger partial charge in [-0.25, -0.2) is 8.42 Å². The summed E-state index contributed by atoms with van der Waals surface area (Å²) >= 11 is 1.66. The predicted molar refractivity (Wildman–Crippen MR) is 113 cm³/mol. The van der Waals surface area contributed by atoms with Gasteiger partial charge in [0.2, 0.25) is 10.0 Å². The van der Waals surface area contributed by atoms with Crippen LogP contribution in [-0.4, -0.2) is 24.3 Å². The van der Waals surface area contributed by atoms with Crippen molar-refractivity contribution < 1.29 is 8.42 Å². The highest BCUT2D eigenvalue weighted by Gasteiger charge is 2.26. The SMILES string of the molecule is O=S(=O)(c1ccc2c(c1)CCCC2)N(CCc1cccs1)Cc1cccnc1. The molecule has 3 aromatic rings. The van der Waals surface area contributed by atoms with Crippen molar-refractivity contribution >= 4 is 21.4 Å². The fourth-order valence-electron chi connectivity index (χ4n) is 3.69. The molecule has 0 radical (unpaired) electrons. The lowest BCUT2D eigenvalue weighted by molar-refractivity contribution is 0.410. The number of pyridine rings is 1. The Bertz CT molecular complexity index is 1020. The third-order valence-electron chi connectivity index (χ3n) is 5.23. The molecule has 4 rings (SSSR count). The van der Waals surface area contributed by atoms with E-state index in [-0.39, 0.29) is 0 Å². The summed E-state index contributed by atoms with van der Waals surface area (Å²) in [5.74, 6) is 0. The average molecular weight is 413 g/mol. The quantitative estimate of drug-likeness (QED) is 0.576. The largest absolute Gasteiger partial charge is 0.264 e. The minimum atomic E-state index is -3.58. The van der Waals surface area contributed by atoms with E-state index < -0.39 is 10.0 Å². The lowest BCUT2D eigenvalue weighted by Crippen LogP contribution is -2.32. The molecule has 0 saturated heterocycles. The first kappa shape index (κ1) is 19.3. The monoisotopic (exact) mass is 412 g/mol. The Kier molecular flexibility index (Phi) is 5.90. The first-order valence-electron chi connectivity index (χ1n) is 9.66. The van der Waals surface area contributed by atoms with E-state index in [4.69, 9.17) is 0 Å². The van der Waals surface area contributed by atoms with Gasteiger partial charge in [-0.15, -0.1) is 11.3 Å². The van der Waals surface area contributed by atoms with E-state index in [0.717, 1.165) is 24.8 Å². The second kappa shape index (κ2) is 8.55. The van der Waals surface area contributed by atoms with Gasteiger partial charge < -0.3 is 0 Å². The molecule has 0 fully saturated rings. The standard InChI is InChI=1S/C22H24N2O2S2/c25-28(26,22-10-9-19-6-1-2-7-20(19)15-22)24(13-11-21-8-4-14-27-21)17-18-5-3-12-23-16-18/h3-5,8-10,12,14-16H,1-2,6-7,11,13,17H2. The van der Waals surface area contributed by atoms with Crippen LogP contribution in [0.3, 0.4) is 0 Å². The van der Waals surface area contributed by atoms with Crippen molar-refractivity contribution in [2.24, 2.45) is 0 Å². The molecular formula is C22H24N2O2S2. The fourth-order valence-corrected chi connectivity index (χ4v) is 5.87. The lowest BCUT2D eigenvalue weighted by Gasteiger charge is -2.23. The van der Waals surface area contributed by atoms with Crippen LogP contribution in [0.25, 0.3) is 0 Å². The number of rotatable bonds is 7. The molecule has 0 saturated carbocycles. The summed E-state index contributed by atoms with van der Waals surface area (Å²) in [5.41, 5.74) is 3.38. The minimum absolute atomic E-state index is 0.332. The second-order valence-electron chi connectivity index (χ2n) is 7.17. The van der Waals surface area contributed by atoms with Crippen molar-refractivity contribution in [3.8, 4) is 0 Å². The Morgan fingerprint density at radius 1 is 1.04 bits per heavy atom. The Morgan fingerprint density at radius 2 is 1.89 bits per heavy atom. The predicted octanol–water partition coefficient (Wildman–Crippen LogP) is 4.46. The highest BCUT2D eigenvalue weighted by molar-refractivity contribution is 7.89. The molecule has 0 bridgehead atoms. The van der Waals surface area contributed by atoms with Crippen LogP contribution in [0.2, 0.25) is 0 Å². The Balaban J connectivity index is 1.63. The summed E-state index contributed by atoms with van der Waals surface area (Å²) in [5, 5.41) is 2.03. The van der Waals surface area contributed by atoms with Gasteiger partial charge in [-0.05, 0) is 78.4 Å². The van der Waals surface area contributed by atoms with E-state index in [1.165, 1.54) is 22.4 Å². The summed E-state index contributed by atoms with van der Waals surface area (Å²) in [6, 6.07) is 13.5. The maximum atomic E-state index is 13.5. The summed E-state index contributed by atoms with van der Waals surface area (Å²) in [6.07, 6.45) is 8.49. The Morgan fingerprint density at radius 3 is 2.64 bits per heavy atom. The van der Waals surface area contributed by atoms with Crippen molar-refractivity contribution in [2.75, 3.05) is 6.54 Å². The van der Waals surface area contributed by atoms with E-state index in [9.17, 15) is 8.42 Å². The maximum Gasteiger partial charge on any atom is 0.243 e. The molecule has 0 spiro atoms. The summed E-state index contributed by atoms with van der Waals surface area (Å²) in [4.78, 5) is 5.74. The van der Waals surface area contributed by atoms with Crippen LogP contribution < -0.4 is 0 Å². The lowest BCUT2D eigenvalue weighted by atomic mass is 9.92. The molecule has 0 atom stereocenters. The van der Waals surface area contributed by atoms with Crippen LogP contribution in [0.1, 0.15) is 34.4 Å². The molecule has 0 amide bonds. The molecule has 1 aliphatic rings. The third kappa shape index (κ3) is 4.35. The molecule has 2 aromatic heterocycles. The van der Waals surface area contributed by atoms with E-state index >= 15 is 0 Å². The van der Waals surface area contributed by atoms with Crippen molar-refractivity contribution in [3.05, 3.63) is 81.8 Å². The summed E-state index contributed by atoms with van der Waals surface area (Å²) in [6.45, 7) is 0.785. The number of aromatic nitrogens is 1. The van der Waals surface area contributed by atoms with Gasteiger partial charge in [0.05, 0.1) is 4.90 Å². The second-order valence-corrected chi connectivity index (χ2v) is 10.1. The molecule has 0 aliphatic heterocycles. The molecule has 146 valence electrons. The molecule has 1 aromatic carbocycles. The van der Waals surface area contributed by atoms with Gasteiger partial charge in [-0.3, -0.25) is 4.98 Å². The van der Waals surface area contributed by atoms with Crippen LogP contribution in [0.15, 0.2) is 65.1 Å². The van der Waals surface area contributed by atoms with Gasteiger partial charge in [0, 0.05) is 30.4 Å². The zero-order valence-electron chi connectivity index (χ0n) is 15.8. The van der Waals surface area contributed by atoms with Gasteiger partial charge in [-0.2, -0.15) is 4.31 Å². The Hall–Kier alpha value is -2.02. The van der Waals surface area contributed by atoms with Crippen LogP contribution in [0.4, 0.5) is 0 Å². The molecule has 4 nitrogen and oxygen atoms in total. The molecule has 1 aliphatic carbocycles. The number of hydrogen-bond donors (Lipinski definition) is 0. The summed E-state index contributed by atoms with van der Waals surface area (Å²) < 4.78 is 28.6. The number of fused-ring (bicyclic) bond motifs is 1. The zero-order valence-corrected chi connectivity index (χ0v) is 17.4. The molecule has 2 heterocycles. The number of aryl methyl sites for hydroxylation is 2. The maximum absolute atomic E-state index is 13.5. The van der Waals surface area contributed by atoms with Gasteiger partial charge >= 0.3 is 0 Å². The van der Waals surface area contributed by atoms with E-state index in [1.807, 2.05) is 35.7 Å². The van der Waals surface area contributed by atoms with E-state index in [0.29, 0.717) is 24.4 Å². The third-order valence-corrected chi connectivity index (χ3v) is 8.00. The van der Waals surface area contributed by atoms with E-state index in [1.54, 1.807) is 34.1 Å². The van der Waals surface area contributed by atoms with Crippen molar-refractivity contribution in [3.63, 3.8) is 0 Å². The topological polar surface area (TPSA) is 50.3 Å². The number of sulfonamides is 1. The zero-order chi connectivity index (χ0) is 19.4. The van der Waals surface area contributed by atoms with Gasteiger partial charge in [0.1, 0.15) is 0 Å². The average Bonchev–Trinajstić information content (AvgIpc) is 3.25. The van der Waals surface area contributed by atoms with Crippen LogP contribution in [0, 0.1) is 0 Å². The minimum Gasteiger partial charge on any atom is -0.264 e. The van der Waals surface area contributed by atoms with Gasteiger partial charge in [0.25, 0.3) is 0 Å². The first-order chi connectivity index (χ1) is 13.6. The Labute approximate surface area is 170 Å². The summed E-state index contributed by atoms with van der Waals surface area (Å²) in [7, 11) is -3.58. The van der Waals surface area contributed by atoms with Crippen molar-refractivity contribution in [1.29, 1.82) is 0 Å². The molecule has 6 heteroatoms. The normalized spacial score (nSPS) is 14.2. The molecular weight excluding hydrogens is 388 g/mol. The van der Waals surface area contributed by atoms with Gasteiger partial charge in [-0.1, -0.05) is 18.2 Å². The van der Waals surface area contributed by atoms with Gasteiger partial charge in [0.15, 0.2) is 0 Å². The van der Waals surface area contributed by atoms with Crippen molar-refractivity contribution in [2.45, 2.75) is 43.5 Å². The highest BCUT2D eigenvalue weighted by atomic mass is 32.2. The molecule has 0 unspecified atom stereocenters. The van der Waals surface area contributed by atoms with Crippen LogP contribution in [-0.2, 0) is 35.8 Å².